The van der Waals surface area contributed by atoms with Crippen molar-refractivity contribution >= 4 is 39.5 Å². The number of halogens is 4. The van der Waals surface area contributed by atoms with Crippen molar-refractivity contribution in [2.24, 2.45) is 16.6 Å². The first-order valence-electron chi connectivity index (χ1n) is 26.4. The minimum Gasteiger partial charge on any atom is -0.420 e. The lowest BCUT2D eigenvalue weighted by molar-refractivity contribution is -0.136. The average Bonchev–Trinajstić information content (AvgIpc) is 3.72. The van der Waals surface area contributed by atoms with Crippen molar-refractivity contribution in [3.63, 3.8) is 0 Å². The zero-order valence-corrected chi connectivity index (χ0v) is 46.1. The van der Waals surface area contributed by atoms with Gasteiger partial charge in [-0.05, 0) is 30.5 Å². The highest BCUT2D eigenvalue weighted by atomic mass is 32.2. The Labute approximate surface area is 463 Å². The largest absolute Gasteiger partial charge is 0.420 e. The van der Waals surface area contributed by atoms with Crippen molar-refractivity contribution in [2.75, 3.05) is 132 Å². The van der Waals surface area contributed by atoms with Crippen LogP contribution < -0.4 is 15.8 Å². The van der Waals surface area contributed by atoms with E-state index in [1.54, 1.807) is 12.4 Å². The van der Waals surface area contributed by atoms with Gasteiger partial charge >= 0.3 is 16.1 Å². The number of carbonyl (C=O) groups is 2. The molecule has 5 N–H and O–H groups in total. The Morgan fingerprint density at radius 1 is 0.637 bits per heavy atom. The summed E-state index contributed by atoms with van der Waals surface area (Å²) < 4.78 is 145. The molecule has 2 heterocycles. The zero-order chi connectivity index (χ0) is 58.0. The Kier molecular flexibility index (Phi) is 32.6. The van der Waals surface area contributed by atoms with E-state index >= 15 is 0 Å². The number of benzene rings is 2. The molecule has 1 atom stereocenters. The molecule has 2 aromatic carbocycles. The van der Waals surface area contributed by atoms with Crippen molar-refractivity contribution in [1.29, 1.82) is 0 Å². The number of hydrogen-bond acceptors (Lipinski definition) is 21. The highest BCUT2D eigenvalue weighted by molar-refractivity contribution is 7.85. The summed E-state index contributed by atoms with van der Waals surface area (Å²) in [5, 5.41) is 13.4. The van der Waals surface area contributed by atoms with E-state index in [2.05, 4.69) is 38.9 Å². The Morgan fingerprint density at radius 3 is 1.51 bits per heavy atom. The average molecular weight is 1160 g/mol. The number of fused-ring (bicyclic) bond motifs is 1. The normalized spacial score (nSPS) is 13.1. The van der Waals surface area contributed by atoms with Crippen LogP contribution in [-0.4, -0.2) is 184 Å². The van der Waals surface area contributed by atoms with Crippen molar-refractivity contribution in [3.05, 3.63) is 70.8 Å². The minimum absolute atomic E-state index is 0.00436. The molecule has 0 saturated carbocycles. The molecule has 1 unspecified atom stereocenters. The molecule has 1 aromatic heterocycles. The number of nitrogens with zero attached hydrogens (tertiary/aromatic N) is 3. The van der Waals surface area contributed by atoms with Crippen LogP contribution in [0.5, 0.6) is 5.75 Å². The summed E-state index contributed by atoms with van der Waals surface area (Å²) in [7, 11) is -5.65. The summed E-state index contributed by atoms with van der Waals surface area (Å²) in [5.41, 5.74) is 10.2. The number of aliphatic hydroxyl groups excluding tert-OH is 1. The highest BCUT2D eigenvalue weighted by Crippen LogP contribution is 2.34. The number of nitrogens with two attached hydrogens (primary N) is 1. The molecule has 448 valence electrons. The number of amidine groups is 1. The monoisotopic (exact) mass is 1160 g/mol. The van der Waals surface area contributed by atoms with Gasteiger partial charge in [0, 0.05) is 47.9 Å². The Balaban J connectivity index is 0.857. The fourth-order valence-electron chi connectivity index (χ4n) is 7.50. The first-order valence-corrected chi connectivity index (χ1v) is 27.8. The van der Waals surface area contributed by atoms with Crippen molar-refractivity contribution in [3.8, 4) is 16.9 Å². The number of nitrogens with one attached hydrogen (secondary N) is 1. The van der Waals surface area contributed by atoms with E-state index in [1.165, 1.54) is 0 Å². The van der Waals surface area contributed by atoms with Gasteiger partial charge < -0.3 is 62.9 Å². The molecular formula is C53H75F4N5O17S. The number of carbonyl (C=O) groups excluding carboxylic acids is 2. The van der Waals surface area contributed by atoms with Gasteiger partial charge in [-0.1, -0.05) is 38.8 Å². The summed E-state index contributed by atoms with van der Waals surface area (Å²) >= 11 is 0. The number of aromatic nitrogens is 2. The van der Waals surface area contributed by atoms with Gasteiger partial charge in [0.1, 0.15) is 17.9 Å². The Bertz CT molecular complexity index is 2460. The molecule has 22 nitrogen and oxygen atoms in total. The smallest absolute Gasteiger partial charge is 0.313 e. The molecule has 0 bridgehead atoms. The molecule has 0 saturated heterocycles. The SMILES string of the molecule is CCCC(CCC)C(=O)C1=Cc2ccc(-c3cnc(CNC(O)CCOCCOCCOCCOCCOCCOCCOCCOCCOCCOCCC(=O)Oc4c(F)c(F)c(S(=O)(=O)O)c(F)c4F)nc3)cc2N=C(N)C1. The van der Waals surface area contributed by atoms with E-state index in [1.807, 2.05) is 24.3 Å². The summed E-state index contributed by atoms with van der Waals surface area (Å²) in [6.45, 7) is 10.5. The van der Waals surface area contributed by atoms with Gasteiger partial charge in [0.25, 0.3) is 0 Å². The molecule has 0 radical (unpaired) electrons. The number of Topliss-reactive ketones (excluding diaryl/α,β-unsaturated/α-hetero) is 1. The van der Waals surface area contributed by atoms with Gasteiger partial charge in [0.05, 0.1) is 151 Å². The first kappa shape index (κ1) is 67.5. The van der Waals surface area contributed by atoms with Gasteiger partial charge in [-0.3, -0.25) is 19.5 Å². The predicted octanol–water partition coefficient (Wildman–Crippen LogP) is 5.47. The zero-order valence-electron chi connectivity index (χ0n) is 45.3. The number of rotatable bonds is 45. The van der Waals surface area contributed by atoms with E-state index in [4.69, 9.17) is 57.7 Å². The van der Waals surface area contributed by atoms with Gasteiger partial charge in [-0.25, -0.2) is 23.7 Å². The second-order valence-corrected chi connectivity index (χ2v) is 19.0. The maximum atomic E-state index is 14.0. The van der Waals surface area contributed by atoms with Gasteiger partial charge in [-0.2, -0.15) is 17.2 Å². The minimum atomic E-state index is -5.65. The van der Waals surface area contributed by atoms with Crippen LogP contribution in [0.2, 0.25) is 0 Å². The van der Waals surface area contributed by atoms with Crippen molar-refractivity contribution in [1.82, 2.24) is 15.3 Å². The lowest BCUT2D eigenvalue weighted by atomic mass is 9.87. The van der Waals surface area contributed by atoms with Crippen LogP contribution in [0.1, 0.15) is 70.2 Å². The van der Waals surface area contributed by atoms with Crippen LogP contribution in [0, 0.1) is 29.2 Å². The Hall–Kier alpha value is -4.98. The molecular weight excluding hydrogens is 1090 g/mol. The topological polar surface area (TPSA) is 286 Å². The third-order valence-electron chi connectivity index (χ3n) is 11.5. The maximum absolute atomic E-state index is 14.0. The number of aliphatic hydroxyl groups is 1. The third-order valence-corrected chi connectivity index (χ3v) is 12.4. The molecule has 0 aliphatic carbocycles. The first-order chi connectivity index (χ1) is 38.6. The van der Waals surface area contributed by atoms with Gasteiger partial charge in [-0.15, -0.1) is 0 Å². The second-order valence-electron chi connectivity index (χ2n) is 17.7. The molecule has 0 spiro atoms. The van der Waals surface area contributed by atoms with Crippen LogP contribution in [0.3, 0.4) is 0 Å². The number of ether oxygens (including phenoxy) is 11. The van der Waals surface area contributed by atoms with E-state index in [-0.39, 0.29) is 51.3 Å². The van der Waals surface area contributed by atoms with Gasteiger partial charge in [0.2, 0.25) is 17.4 Å². The van der Waals surface area contributed by atoms with E-state index in [0.717, 1.165) is 42.4 Å². The lowest BCUT2D eigenvalue weighted by Crippen LogP contribution is -2.30. The highest BCUT2D eigenvalue weighted by Gasteiger charge is 2.34. The third kappa shape index (κ3) is 25.4. The number of esters is 1. The van der Waals surface area contributed by atoms with E-state index in [9.17, 15) is 40.7 Å². The van der Waals surface area contributed by atoms with Crippen LogP contribution in [0.15, 0.2) is 46.1 Å². The lowest BCUT2D eigenvalue weighted by Gasteiger charge is -2.16. The molecule has 1 aliphatic rings. The summed E-state index contributed by atoms with van der Waals surface area (Å²) in [6, 6.07) is 5.83. The van der Waals surface area contributed by atoms with E-state index < -0.39 is 62.7 Å². The molecule has 1 aliphatic heterocycles. The summed E-state index contributed by atoms with van der Waals surface area (Å²) in [4.78, 5) is 36.5. The fraction of sp³-hybridized carbons (Fsp3) is 0.604. The Morgan fingerprint density at radius 2 is 1.07 bits per heavy atom. The fourth-order valence-corrected chi connectivity index (χ4v) is 8.14. The number of ketones is 1. The van der Waals surface area contributed by atoms with Crippen molar-refractivity contribution in [2.45, 2.75) is 76.5 Å². The molecule has 3 aromatic rings. The van der Waals surface area contributed by atoms with Crippen molar-refractivity contribution < 1.29 is 97.3 Å². The summed E-state index contributed by atoms with van der Waals surface area (Å²) in [5.74, 6) is -11.6. The van der Waals surface area contributed by atoms with Crippen LogP contribution >= 0.6 is 0 Å². The molecule has 80 heavy (non-hydrogen) atoms. The number of hydrogen-bond donors (Lipinski definition) is 4. The second kappa shape index (κ2) is 38.7. The van der Waals surface area contributed by atoms with Crippen LogP contribution in [-0.2, 0) is 73.6 Å². The maximum Gasteiger partial charge on any atom is 0.313 e. The van der Waals surface area contributed by atoms with Crippen LogP contribution in [0.25, 0.3) is 17.2 Å². The number of aliphatic imine (C=N–C) groups is 1. The quantitative estimate of drug-likeness (QED) is 0.0104. The molecule has 0 fully saturated rings. The van der Waals surface area contributed by atoms with E-state index in [0.29, 0.717) is 135 Å². The molecule has 27 heteroatoms. The van der Waals surface area contributed by atoms with Gasteiger partial charge in [0.15, 0.2) is 22.3 Å². The predicted molar refractivity (Wildman–Crippen MR) is 282 cm³/mol. The van der Waals surface area contributed by atoms with Crippen LogP contribution in [0.4, 0.5) is 23.2 Å². The molecule has 4 rings (SSSR count). The molecule has 0 amide bonds. The summed E-state index contributed by atoms with van der Waals surface area (Å²) in [6.07, 6.45) is 8.30. The standard InChI is InChI=1S/C53H75F4N5O17S/c1-3-5-37(6-4-2)51(65)40-31-39-8-7-38(32-42(39)62-43(58)33-40)41-34-59-44(60-35-41)36-61-45(63)9-11-69-13-15-71-17-19-73-21-23-75-25-27-77-29-30-78-28-26-76-24-22-74-20-18-72-16-14-70-12-10-46(64)79-52-47(54)49(56)53(80(66,67)68)50(57)48(52)55/h7-8,31-32,34-35,37,45,61,63H,3-6,9-30,33,36H2,1-2H3,(H2,58,62)(H,66,67,68).